The lowest BCUT2D eigenvalue weighted by atomic mass is 9.89. The number of hydrogen-bond acceptors (Lipinski definition) is 4. The van der Waals surface area contributed by atoms with Gasteiger partial charge in [0.05, 0.1) is 11.7 Å². The van der Waals surface area contributed by atoms with Gasteiger partial charge in [0.25, 0.3) is 0 Å². The monoisotopic (exact) mass is 358 g/mol. The molecule has 0 saturated carbocycles. The van der Waals surface area contributed by atoms with Crippen LogP contribution in [0, 0.1) is 6.92 Å². The average Bonchev–Trinajstić information content (AvgIpc) is 2.51. The minimum Gasteiger partial charge on any atom is -0.426 e. The summed E-state index contributed by atoms with van der Waals surface area (Å²) < 4.78 is 5.46. The zero-order valence-electron chi connectivity index (χ0n) is 16.6. The van der Waals surface area contributed by atoms with E-state index in [0.29, 0.717) is 18.6 Å². The summed E-state index contributed by atoms with van der Waals surface area (Å²) in [6, 6.07) is 8.16. The fraction of sp³-hybridized carbons (Fsp3) is 0.500. The van der Waals surface area contributed by atoms with Gasteiger partial charge in [-0.2, -0.15) is 0 Å². The number of fused-ring (bicyclic) bond motifs is 1. The van der Waals surface area contributed by atoms with Crippen molar-refractivity contribution in [3.8, 4) is 5.75 Å². The van der Waals surface area contributed by atoms with E-state index in [2.05, 4.69) is 32.0 Å². The van der Waals surface area contributed by atoms with Crippen LogP contribution in [-0.2, 0) is 11.2 Å². The molecular weight excluding hydrogens is 328 g/mol. The van der Waals surface area contributed by atoms with Crippen LogP contribution in [0.3, 0.4) is 0 Å². The second-order valence-electron chi connectivity index (χ2n) is 7.93. The second kappa shape index (κ2) is 7.77. The van der Waals surface area contributed by atoms with Crippen LogP contribution >= 0.6 is 0 Å². The number of rotatable bonds is 6. The smallest absolute Gasteiger partial charge is 0.308 e. The third-order valence-corrected chi connectivity index (χ3v) is 4.85. The van der Waals surface area contributed by atoms with Crippen molar-refractivity contribution in [2.75, 3.05) is 0 Å². The predicted molar refractivity (Wildman–Crippen MR) is 105 cm³/mol. The first-order valence-electron chi connectivity index (χ1n) is 9.15. The van der Waals surface area contributed by atoms with Crippen molar-refractivity contribution in [3.05, 3.63) is 41.0 Å². The maximum Gasteiger partial charge on any atom is 0.308 e. The van der Waals surface area contributed by atoms with Gasteiger partial charge in [0.2, 0.25) is 0 Å². The van der Waals surface area contributed by atoms with E-state index in [1.54, 1.807) is 13.8 Å². The van der Waals surface area contributed by atoms with Gasteiger partial charge in [0, 0.05) is 6.92 Å². The van der Waals surface area contributed by atoms with E-state index in [0.717, 1.165) is 27.5 Å². The Morgan fingerprint density at radius 1 is 1.23 bits per heavy atom. The number of ether oxygens (including phenoxy) is 1. The molecule has 0 aromatic heterocycles. The van der Waals surface area contributed by atoms with Crippen LogP contribution < -0.4 is 4.74 Å². The van der Waals surface area contributed by atoms with Gasteiger partial charge >= 0.3 is 5.97 Å². The van der Waals surface area contributed by atoms with Crippen molar-refractivity contribution in [2.24, 2.45) is 0 Å². The average molecular weight is 358 g/mol. The molecule has 0 amide bonds. The fourth-order valence-corrected chi connectivity index (χ4v) is 3.20. The molecule has 0 aliphatic carbocycles. The first kappa shape index (κ1) is 20.4. The Hall–Kier alpha value is -1.91. The Labute approximate surface area is 155 Å². The van der Waals surface area contributed by atoms with Crippen molar-refractivity contribution in [1.82, 2.24) is 0 Å². The van der Waals surface area contributed by atoms with Crippen molar-refractivity contribution >= 4 is 16.7 Å². The van der Waals surface area contributed by atoms with Gasteiger partial charge in [0.1, 0.15) is 5.75 Å². The van der Waals surface area contributed by atoms with Gasteiger partial charge in [-0.3, -0.25) is 4.79 Å². The summed E-state index contributed by atoms with van der Waals surface area (Å²) in [6.45, 7) is 10.8. The summed E-state index contributed by atoms with van der Waals surface area (Å²) in [5, 5.41) is 22.3. The molecule has 26 heavy (non-hydrogen) atoms. The highest BCUT2D eigenvalue weighted by molar-refractivity contribution is 5.90. The third kappa shape index (κ3) is 4.63. The summed E-state index contributed by atoms with van der Waals surface area (Å²) in [4.78, 5) is 11.5. The molecule has 2 N–H and O–H groups in total. The van der Waals surface area contributed by atoms with Crippen molar-refractivity contribution < 1.29 is 19.7 Å². The largest absolute Gasteiger partial charge is 0.426 e. The van der Waals surface area contributed by atoms with Crippen LogP contribution in [0.5, 0.6) is 5.75 Å². The number of aliphatic hydroxyl groups is 2. The lowest BCUT2D eigenvalue weighted by molar-refractivity contribution is -0.131. The maximum atomic E-state index is 11.5. The molecule has 4 heteroatoms. The molecule has 0 aliphatic rings. The van der Waals surface area contributed by atoms with E-state index in [-0.39, 0.29) is 11.9 Å². The van der Waals surface area contributed by atoms with Crippen molar-refractivity contribution in [1.29, 1.82) is 0 Å². The van der Waals surface area contributed by atoms with Crippen LogP contribution in [-0.4, -0.2) is 27.9 Å². The minimum absolute atomic E-state index is 0.232. The third-order valence-electron chi connectivity index (χ3n) is 4.85. The summed E-state index contributed by atoms with van der Waals surface area (Å²) in [6.07, 6.45) is 0.285. The van der Waals surface area contributed by atoms with Gasteiger partial charge in [-0.05, 0) is 79.1 Å². The van der Waals surface area contributed by atoms with Crippen LogP contribution in [0.25, 0.3) is 10.8 Å². The molecular formula is C22H30O4. The van der Waals surface area contributed by atoms with E-state index in [1.807, 2.05) is 13.0 Å². The zero-order chi connectivity index (χ0) is 19.6. The van der Waals surface area contributed by atoms with E-state index >= 15 is 0 Å². The molecule has 0 saturated heterocycles. The number of aliphatic hydroxyl groups excluding tert-OH is 1. The summed E-state index contributed by atoms with van der Waals surface area (Å²) in [5.74, 6) is 0.489. The molecule has 2 aromatic rings. The summed E-state index contributed by atoms with van der Waals surface area (Å²) in [5.41, 5.74) is 2.09. The highest BCUT2D eigenvalue weighted by atomic mass is 16.5. The molecule has 0 unspecified atom stereocenters. The Morgan fingerprint density at radius 2 is 1.88 bits per heavy atom. The molecule has 2 aromatic carbocycles. The number of hydrogen-bond donors (Lipinski definition) is 2. The molecule has 1 atom stereocenters. The molecule has 142 valence electrons. The van der Waals surface area contributed by atoms with Crippen LogP contribution in [0.2, 0.25) is 0 Å². The van der Waals surface area contributed by atoms with Crippen LogP contribution in [0.1, 0.15) is 63.6 Å². The highest BCUT2D eigenvalue weighted by Crippen LogP contribution is 2.35. The second-order valence-corrected chi connectivity index (χ2v) is 7.93. The molecule has 2 rings (SSSR count). The van der Waals surface area contributed by atoms with Crippen molar-refractivity contribution in [2.45, 2.75) is 72.0 Å². The molecule has 0 radical (unpaired) electrons. The lowest BCUT2D eigenvalue weighted by Crippen LogP contribution is -2.36. The molecule has 0 fully saturated rings. The lowest BCUT2D eigenvalue weighted by Gasteiger charge is -2.25. The number of carbonyl (C=O) groups is 1. The normalized spacial score (nSPS) is 13.3. The molecule has 0 spiro atoms. The number of carbonyl (C=O) groups excluding carboxylic acids is 1. The van der Waals surface area contributed by atoms with Crippen molar-refractivity contribution in [3.63, 3.8) is 0 Å². The first-order valence-corrected chi connectivity index (χ1v) is 9.15. The summed E-state index contributed by atoms with van der Waals surface area (Å²) in [7, 11) is 0. The standard InChI is InChI=1S/C22H30O4/c1-13(2)18-11-16-8-7-14(3)17(9-10-21(24)22(5,6)25)19(16)12-20(18)26-15(4)23/h7-8,11-13,21,24-25H,9-10H2,1-6H3/t21-/m0/s1. The van der Waals surface area contributed by atoms with E-state index in [9.17, 15) is 15.0 Å². The molecule has 0 aliphatic heterocycles. The van der Waals surface area contributed by atoms with Gasteiger partial charge in [0.15, 0.2) is 0 Å². The SMILES string of the molecule is CC(=O)Oc1cc2c(CC[C@H](O)C(C)(C)O)c(C)ccc2cc1C(C)C. The van der Waals surface area contributed by atoms with Gasteiger partial charge in [-0.15, -0.1) is 0 Å². The van der Waals surface area contributed by atoms with Crippen LogP contribution in [0.4, 0.5) is 0 Å². The Kier molecular flexibility index (Phi) is 6.09. The highest BCUT2D eigenvalue weighted by Gasteiger charge is 2.24. The Balaban J connectivity index is 2.52. The molecule has 4 nitrogen and oxygen atoms in total. The van der Waals surface area contributed by atoms with E-state index in [1.165, 1.54) is 6.92 Å². The van der Waals surface area contributed by atoms with Gasteiger partial charge in [-0.1, -0.05) is 26.0 Å². The predicted octanol–water partition coefficient (Wildman–Crippen LogP) is 4.26. The van der Waals surface area contributed by atoms with Gasteiger partial charge in [-0.25, -0.2) is 0 Å². The number of aryl methyl sites for hydroxylation is 2. The fourth-order valence-electron chi connectivity index (χ4n) is 3.20. The quantitative estimate of drug-likeness (QED) is 0.598. The zero-order valence-corrected chi connectivity index (χ0v) is 16.6. The number of esters is 1. The molecule has 0 bridgehead atoms. The topological polar surface area (TPSA) is 66.8 Å². The minimum atomic E-state index is -1.13. The number of benzene rings is 2. The van der Waals surface area contributed by atoms with Gasteiger partial charge < -0.3 is 14.9 Å². The van der Waals surface area contributed by atoms with E-state index in [4.69, 9.17) is 4.74 Å². The summed E-state index contributed by atoms with van der Waals surface area (Å²) >= 11 is 0. The first-order chi connectivity index (χ1) is 12.0. The van der Waals surface area contributed by atoms with E-state index < -0.39 is 11.7 Å². The van der Waals surface area contributed by atoms with Crippen LogP contribution in [0.15, 0.2) is 24.3 Å². The Bertz CT molecular complexity index is 800. The molecule has 0 heterocycles. The Morgan fingerprint density at radius 3 is 2.42 bits per heavy atom. The maximum absolute atomic E-state index is 11.5.